The average molecular weight is 773 g/mol. The van der Waals surface area contributed by atoms with Gasteiger partial charge in [-0.25, -0.2) is 15.0 Å². The Morgan fingerprint density at radius 2 is 1.59 bits per heavy atom. The van der Waals surface area contributed by atoms with Crippen molar-refractivity contribution >= 4 is 34.7 Å². The number of benzene rings is 2. The van der Waals surface area contributed by atoms with Crippen LogP contribution >= 0.6 is 0 Å². The predicted octanol–water partition coefficient (Wildman–Crippen LogP) is 8.90. The minimum Gasteiger partial charge on any atom is -0.511 e. The van der Waals surface area contributed by atoms with Gasteiger partial charge in [0.05, 0.1) is 46.9 Å². The zero-order valence-corrected chi connectivity index (χ0v) is 33.4. The number of hydrogen-bond donors (Lipinski definition) is 3. The number of carboxylic acids is 1. The van der Waals surface area contributed by atoms with Crippen molar-refractivity contribution in [3.63, 3.8) is 0 Å². The lowest BCUT2D eigenvalue weighted by molar-refractivity contribution is -0.137. The monoisotopic (exact) mass is 772 g/mol. The third-order valence-corrected chi connectivity index (χ3v) is 12.7. The van der Waals surface area contributed by atoms with Gasteiger partial charge in [0.25, 0.3) is 0 Å². The number of ether oxygens (including phenoxy) is 1. The Balaban J connectivity index is 1.12. The third kappa shape index (κ3) is 5.88. The molecular weight excluding hydrogens is 729 g/mol. The summed E-state index contributed by atoms with van der Waals surface area (Å²) in [6.45, 7) is 12.5. The molecule has 7 aliphatic rings. The number of ketones is 2. The van der Waals surface area contributed by atoms with E-state index in [9.17, 15) is 24.6 Å². The van der Waals surface area contributed by atoms with Crippen molar-refractivity contribution in [3.05, 3.63) is 162 Å². The minimum absolute atomic E-state index is 0.00740. The second kappa shape index (κ2) is 14.0. The van der Waals surface area contributed by atoms with Crippen molar-refractivity contribution in [2.24, 2.45) is 26.8 Å². The van der Waals surface area contributed by atoms with E-state index >= 15 is 0 Å². The highest BCUT2D eigenvalue weighted by Crippen LogP contribution is 2.46. The molecule has 5 heterocycles. The molecule has 2 aromatic rings. The summed E-state index contributed by atoms with van der Waals surface area (Å²) in [7, 11) is 0. The molecule has 0 unspecified atom stereocenters. The third-order valence-electron chi connectivity index (χ3n) is 12.7. The predicted molar refractivity (Wildman–Crippen MR) is 223 cm³/mol. The van der Waals surface area contributed by atoms with Gasteiger partial charge in [0, 0.05) is 75.0 Å². The number of aliphatic hydroxyl groups is 1. The maximum absolute atomic E-state index is 13.5. The van der Waals surface area contributed by atoms with E-state index in [1.807, 2.05) is 39.0 Å². The molecule has 58 heavy (non-hydrogen) atoms. The molecule has 1 fully saturated rings. The fraction of sp³-hybridized carbons (Fsp3) is 0.292. The highest BCUT2D eigenvalue weighted by atomic mass is 16.5. The Morgan fingerprint density at radius 1 is 0.897 bits per heavy atom. The van der Waals surface area contributed by atoms with Crippen LogP contribution in [0.2, 0.25) is 0 Å². The van der Waals surface area contributed by atoms with Crippen molar-refractivity contribution in [1.29, 1.82) is 0 Å². The summed E-state index contributed by atoms with van der Waals surface area (Å²) in [5.74, 6) is -1.13. The van der Waals surface area contributed by atoms with Gasteiger partial charge in [0.2, 0.25) is 0 Å². The van der Waals surface area contributed by atoms with E-state index in [1.165, 1.54) is 0 Å². The first-order valence-corrected chi connectivity index (χ1v) is 20.0. The molecular formula is C48H44N4O6. The molecule has 0 amide bonds. The van der Waals surface area contributed by atoms with Gasteiger partial charge in [-0.3, -0.25) is 14.4 Å². The van der Waals surface area contributed by atoms with Crippen LogP contribution in [0, 0.1) is 11.8 Å². The number of carbonyl (C=O) groups is 3. The summed E-state index contributed by atoms with van der Waals surface area (Å²) in [6.07, 6.45) is 7.17. The van der Waals surface area contributed by atoms with Crippen molar-refractivity contribution in [3.8, 4) is 0 Å². The number of carbonyl (C=O) groups excluding carboxylic acids is 2. The molecule has 1 saturated heterocycles. The number of fused-ring (bicyclic) bond motifs is 7. The zero-order chi connectivity index (χ0) is 40.7. The number of hydrogen-bond acceptors (Lipinski definition) is 9. The number of rotatable bonds is 8. The van der Waals surface area contributed by atoms with E-state index < -0.39 is 12.1 Å². The van der Waals surface area contributed by atoms with E-state index in [0.717, 1.165) is 96.6 Å². The van der Waals surface area contributed by atoms with Crippen LogP contribution in [0.4, 0.5) is 0 Å². The Morgan fingerprint density at radius 3 is 2.31 bits per heavy atom. The lowest BCUT2D eigenvalue weighted by Crippen LogP contribution is -2.21. The van der Waals surface area contributed by atoms with Crippen LogP contribution in [-0.2, 0) is 16.1 Å². The van der Waals surface area contributed by atoms with Gasteiger partial charge in [-0.1, -0.05) is 44.2 Å². The number of aliphatic carboxylic acids is 1. The van der Waals surface area contributed by atoms with Crippen LogP contribution in [0.5, 0.6) is 0 Å². The number of aliphatic hydroxyl groups excluding tert-OH is 1. The summed E-state index contributed by atoms with van der Waals surface area (Å²) < 4.78 is 6.59. The number of nitrogens with zero attached hydrogens (tertiary/aromatic N) is 3. The number of carboxylic acid groups (broad SMARTS) is 1. The Bertz CT molecular complexity index is 2690. The van der Waals surface area contributed by atoms with Gasteiger partial charge in [0.1, 0.15) is 5.76 Å². The molecule has 0 aromatic heterocycles. The van der Waals surface area contributed by atoms with Crippen molar-refractivity contribution < 1.29 is 29.3 Å². The van der Waals surface area contributed by atoms with Crippen LogP contribution < -0.4 is 5.32 Å². The Labute approximate surface area is 336 Å². The molecule has 5 aliphatic heterocycles. The molecule has 8 bridgehead atoms. The van der Waals surface area contributed by atoms with E-state index in [4.69, 9.17) is 19.7 Å². The minimum atomic E-state index is -0.857. The van der Waals surface area contributed by atoms with E-state index in [-0.39, 0.29) is 42.2 Å². The lowest BCUT2D eigenvalue weighted by Gasteiger charge is -2.20. The number of aliphatic imine (C=N–C) groups is 3. The lowest BCUT2D eigenvalue weighted by atomic mass is 9.83. The quantitative estimate of drug-likeness (QED) is 0.207. The normalized spacial score (nSPS) is 22.5. The first kappa shape index (κ1) is 37.3. The second-order valence-corrected chi connectivity index (χ2v) is 16.0. The maximum atomic E-state index is 13.5. The van der Waals surface area contributed by atoms with E-state index in [2.05, 4.69) is 32.2 Å². The van der Waals surface area contributed by atoms with Crippen molar-refractivity contribution in [2.75, 3.05) is 0 Å². The largest absolute Gasteiger partial charge is 0.511 e. The van der Waals surface area contributed by atoms with Crippen LogP contribution in [0.1, 0.15) is 105 Å². The molecule has 10 heteroatoms. The van der Waals surface area contributed by atoms with Gasteiger partial charge in [0.15, 0.2) is 11.6 Å². The van der Waals surface area contributed by atoms with Crippen molar-refractivity contribution in [1.82, 2.24) is 5.32 Å². The van der Waals surface area contributed by atoms with E-state index in [1.54, 1.807) is 36.4 Å². The van der Waals surface area contributed by atoms with Crippen LogP contribution in [0.3, 0.4) is 0 Å². The molecule has 3 atom stereocenters. The fourth-order valence-electron chi connectivity index (χ4n) is 9.46. The highest BCUT2D eigenvalue weighted by Gasteiger charge is 2.41. The maximum Gasteiger partial charge on any atom is 0.303 e. The second-order valence-electron chi connectivity index (χ2n) is 16.0. The smallest absolute Gasteiger partial charge is 0.303 e. The molecule has 292 valence electrons. The van der Waals surface area contributed by atoms with Gasteiger partial charge < -0.3 is 20.3 Å². The standard InChI is InChI=1S/C48H44N4O6/c1-7-28-22(2)35-20-40-43(26(6)58-21-27-12-13-32-33(16-27)48(57)31-11-9-8-10-30(31)47(32)56)24(4)37(50-40)18-36-23(3)29(14-15-42(54)55)45(51-36)34-17-41(53)44-25(5)38(52-46(34)44)19-39(28)49-35/h8-13,16,18-20,23,26,29,51,53H,7,14-15,17,21H2,1-6H3,(H,54,55)/t23-,26-,29-/m0/s1. The molecule has 2 aliphatic carbocycles. The molecule has 9 rings (SSSR count). The average Bonchev–Trinajstić information content (AvgIpc) is 3.97. The number of allylic oxidation sites excluding steroid dienone is 11. The molecule has 0 saturated carbocycles. The van der Waals surface area contributed by atoms with Gasteiger partial charge in [-0.05, 0) is 98.8 Å². The number of nitrogens with one attached hydrogen (secondary N) is 1. The zero-order valence-electron chi connectivity index (χ0n) is 33.4. The first-order valence-electron chi connectivity index (χ1n) is 20.0. The highest BCUT2D eigenvalue weighted by molar-refractivity contribution is 6.28. The molecule has 2 aromatic carbocycles. The summed E-state index contributed by atoms with van der Waals surface area (Å²) in [5.41, 5.74) is 15.3. The van der Waals surface area contributed by atoms with Crippen molar-refractivity contribution in [2.45, 2.75) is 79.9 Å². The topological polar surface area (TPSA) is 150 Å². The van der Waals surface area contributed by atoms with Gasteiger partial charge >= 0.3 is 5.97 Å². The Kier molecular flexibility index (Phi) is 9.00. The summed E-state index contributed by atoms with van der Waals surface area (Å²) in [4.78, 5) is 54.1. The molecule has 0 spiro atoms. The van der Waals surface area contributed by atoms with Gasteiger partial charge in [-0.15, -0.1) is 0 Å². The molecule has 0 radical (unpaired) electrons. The van der Waals surface area contributed by atoms with Crippen LogP contribution in [0.25, 0.3) is 0 Å². The Hall–Kier alpha value is -6.26. The summed E-state index contributed by atoms with van der Waals surface area (Å²) in [5, 5.41) is 24.7. The summed E-state index contributed by atoms with van der Waals surface area (Å²) in [6, 6.07) is 12.3. The van der Waals surface area contributed by atoms with E-state index in [0.29, 0.717) is 35.1 Å². The summed E-state index contributed by atoms with van der Waals surface area (Å²) >= 11 is 0. The van der Waals surface area contributed by atoms with Crippen LogP contribution in [-0.4, -0.2) is 51.0 Å². The first-order chi connectivity index (χ1) is 27.8. The fourth-order valence-corrected chi connectivity index (χ4v) is 9.46. The molecule has 3 N–H and O–H groups in total. The molecule has 10 nitrogen and oxygen atoms in total. The SMILES string of the molecule is CCC1=C(C)C2=NC1=CC1=C(C)C3=C(O)CC(=C4NC(=CC5=NC(=C2)C([C@H](C)OCc2ccc6c(c2)C(=O)c2ccccc2C6=O)=C5C)[C@@H](C)[C@@H]4CCC(=O)O)C3=N1. The van der Waals surface area contributed by atoms with Crippen LogP contribution in [0.15, 0.2) is 149 Å². The van der Waals surface area contributed by atoms with Gasteiger partial charge in [-0.2, -0.15) is 0 Å².